The number of nitrogens with two attached hydrogens (primary N) is 1. The van der Waals surface area contributed by atoms with Crippen molar-refractivity contribution in [1.29, 1.82) is 5.41 Å². The van der Waals surface area contributed by atoms with E-state index in [0.29, 0.717) is 11.4 Å². The second-order valence-electron chi connectivity index (χ2n) is 5.06. The standard InChI is InChI=1S/C16H19N3O/c1-9-5-10(2)12(4)14(6-9)20-15-8-13(16(17)18)7-11(3)19-15/h5-8H,1-4H3,(H3,17,18). The van der Waals surface area contributed by atoms with Crippen LogP contribution in [0.2, 0.25) is 0 Å². The maximum Gasteiger partial charge on any atom is 0.220 e. The van der Waals surface area contributed by atoms with E-state index in [-0.39, 0.29) is 5.84 Å². The molecule has 0 saturated heterocycles. The largest absolute Gasteiger partial charge is 0.439 e. The molecule has 4 heteroatoms. The van der Waals surface area contributed by atoms with Crippen LogP contribution in [0.15, 0.2) is 24.3 Å². The summed E-state index contributed by atoms with van der Waals surface area (Å²) in [7, 11) is 0. The molecule has 0 fully saturated rings. The molecule has 0 bridgehead atoms. The Balaban J connectivity index is 2.42. The summed E-state index contributed by atoms with van der Waals surface area (Å²) in [5.74, 6) is 1.26. The predicted molar refractivity (Wildman–Crippen MR) is 80.7 cm³/mol. The zero-order valence-electron chi connectivity index (χ0n) is 12.2. The summed E-state index contributed by atoms with van der Waals surface area (Å²) >= 11 is 0. The lowest BCUT2D eigenvalue weighted by Crippen LogP contribution is -2.11. The molecule has 0 aliphatic carbocycles. The summed E-state index contributed by atoms with van der Waals surface area (Å²) in [6, 6.07) is 7.56. The highest BCUT2D eigenvalue weighted by molar-refractivity contribution is 5.95. The molecule has 0 aliphatic rings. The number of nitrogens with one attached hydrogen (secondary N) is 1. The molecule has 104 valence electrons. The van der Waals surface area contributed by atoms with Crippen molar-refractivity contribution in [3.05, 3.63) is 52.2 Å². The van der Waals surface area contributed by atoms with Crippen molar-refractivity contribution in [2.45, 2.75) is 27.7 Å². The number of pyridine rings is 1. The van der Waals surface area contributed by atoms with E-state index < -0.39 is 0 Å². The number of ether oxygens (including phenoxy) is 1. The average molecular weight is 269 g/mol. The van der Waals surface area contributed by atoms with Crippen LogP contribution in [0.4, 0.5) is 0 Å². The van der Waals surface area contributed by atoms with Gasteiger partial charge in [-0.25, -0.2) is 4.98 Å². The van der Waals surface area contributed by atoms with E-state index in [1.165, 1.54) is 5.56 Å². The first kappa shape index (κ1) is 14.1. The first-order valence-corrected chi connectivity index (χ1v) is 6.45. The van der Waals surface area contributed by atoms with Crippen LogP contribution in [-0.2, 0) is 0 Å². The Hall–Kier alpha value is -2.36. The van der Waals surface area contributed by atoms with Crippen LogP contribution in [0.5, 0.6) is 11.6 Å². The van der Waals surface area contributed by atoms with E-state index in [4.69, 9.17) is 15.9 Å². The van der Waals surface area contributed by atoms with Crippen LogP contribution in [0.3, 0.4) is 0 Å². The van der Waals surface area contributed by atoms with Gasteiger partial charge in [0.2, 0.25) is 5.88 Å². The van der Waals surface area contributed by atoms with Crippen LogP contribution < -0.4 is 10.5 Å². The topological polar surface area (TPSA) is 72.0 Å². The molecule has 20 heavy (non-hydrogen) atoms. The Morgan fingerprint density at radius 3 is 2.45 bits per heavy atom. The fourth-order valence-electron chi connectivity index (χ4n) is 2.07. The number of rotatable bonds is 3. The van der Waals surface area contributed by atoms with Crippen LogP contribution in [0.25, 0.3) is 0 Å². The van der Waals surface area contributed by atoms with Crippen molar-refractivity contribution >= 4 is 5.84 Å². The monoisotopic (exact) mass is 269 g/mol. The summed E-state index contributed by atoms with van der Waals surface area (Å²) in [6.07, 6.45) is 0. The van der Waals surface area contributed by atoms with E-state index in [1.807, 2.05) is 26.8 Å². The van der Waals surface area contributed by atoms with E-state index >= 15 is 0 Å². The quantitative estimate of drug-likeness (QED) is 0.662. The number of hydrogen-bond donors (Lipinski definition) is 2. The summed E-state index contributed by atoms with van der Waals surface area (Å²) in [5, 5.41) is 7.51. The third-order valence-electron chi connectivity index (χ3n) is 3.22. The second kappa shape index (κ2) is 5.33. The number of amidine groups is 1. The molecule has 0 unspecified atom stereocenters. The normalized spacial score (nSPS) is 10.4. The Kier molecular flexibility index (Phi) is 3.74. The van der Waals surface area contributed by atoms with Gasteiger partial charge in [0.1, 0.15) is 11.6 Å². The molecule has 0 radical (unpaired) electrons. The summed E-state index contributed by atoms with van der Waals surface area (Å²) in [5.41, 5.74) is 10.3. The molecule has 0 aliphatic heterocycles. The van der Waals surface area contributed by atoms with E-state index in [9.17, 15) is 0 Å². The Bertz CT molecular complexity index is 678. The van der Waals surface area contributed by atoms with Gasteiger partial charge < -0.3 is 10.5 Å². The average Bonchev–Trinajstić information content (AvgIpc) is 2.34. The van der Waals surface area contributed by atoms with Crippen molar-refractivity contribution in [3.63, 3.8) is 0 Å². The van der Waals surface area contributed by atoms with Gasteiger partial charge in [-0.2, -0.15) is 0 Å². The van der Waals surface area contributed by atoms with Gasteiger partial charge >= 0.3 is 0 Å². The SMILES string of the molecule is Cc1cc(C)c(C)c(Oc2cc(C(=N)N)cc(C)n2)c1. The number of aryl methyl sites for hydroxylation is 3. The first-order chi connectivity index (χ1) is 9.36. The van der Waals surface area contributed by atoms with Crippen molar-refractivity contribution in [1.82, 2.24) is 4.98 Å². The zero-order valence-corrected chi connectivity index (χ0v) is 12.2. The Morgan fingerprint density at radius 1 is 1.10 bits per heavy atom. The lowest BCUT2D eigenvalue weighted by Gasteiger charge is -2.12. The van der Waals surface area contributed by atoms with Gasteiger partial charge in [0, 0.05) is 17.3 Å². The van der Waals surface area contributed by atoms with Crippen molar-refractivity contribution < 1.29 is 4.74 Å². The molecule has 0 saturated carbocycles. The molecular formula is C16H19N3O. The molecule has 1 heterocycles. The van der Waals surface area contributed by atoms with Crippen LogP contribution >= 0.6 is 0 Å². The van der Waals surface area contributed by atoms with E-state index in [2.05, 4.69) is 18.0 Å². The summed E-state index contributed by atoms with van der Waals surface area (Å²) in [6.45, 7) is 7.96. The Labute approximate surface area is 119 Å². The first-order valence-electron chi connectivity index (χ1n) is 6.45. The van der Waals surface area contributed by atoms with Gasteiger partial charge in [-0.05, 0) is 56.5 Å². The van der Waals surface area contributed by atoms with Crippen LogP contribution in [0, 0.1) is 33.1 Å². The molecule has 0 atom stereocenters. The highest BCUT2D eigenvalue weighted by atomic mass is 16.5. The summed E-state index contributed by atoms with van der Waals surface area (Å²) < 4.78 is 5.88. The molecule has 2 aromatic rings. The third kappa shape index (κ3) is 2.96. The minimum atomic E-state index is 0.0116. The minimum Gasteiger partial charge on any atom is -0.439 e. The third-order valence-corrected chi connectivity index (χ3v) is 3.22. The van der Waals surface area contributed by atoms with E-state index in [0.717, 1.165) is 22.6 Å². The van der Waals surface area contributed by atoms with Crippen molar-refractivity contribution in [3.8, 4) is 11.6 Å². The summed E-state index contributed by atoms with van der Waals surface area (Å²) in [4.78, 5) is 4.34. The Morgan fingerprint density at radius 2 is 1.80 bits per heavy atom. The maximum atomic E-state index is 7.51. The zero-order chi connectivity index (χ0) is 14.9. The lowest BCUT2D eigenvalue weighted by atomic mass is 10.1. The number of nitrogen functional groups attached to an aromatic ring is 1. The molecule has 3 N–H and O–H groups in total. The number of hydrogen-bond acceptors (Lipinski definition) is 3. The molecule has 2 rings (SSSR count). The highest BCUT2D eigenvalue weighted by Crippen LogP contribution is 2.28. The molecular weight excluding hydrogens is 250 g/mol. The lowest BCUT2D eigenvalue weighted by molar-refractivity contribution is 0.457. The van der Waals surface area contributed by atoms with Crippen molar-refractivity contribution in [2.24, 2.45) is 5.73 Å². The molecule has 1 aromatic carbocycles. The van der Waals surface area contributed by atoms with Gasteiger partial charge in [-0.3, -0.25) is 5.41 Å². The van der Waals surface area contributed by atoms with Gasteiger partial charge in [-0.1, -0.05) is 6.07 Å². The molecule has 0 spiro atoms. The highest BCUT2D eigenvalue weighted by Gasteiger charge is 2.08. The smallest absolute Gasteiger partial charge is 0.220 e. The number of nitrogens with zero attached hydrogens (tertiary/aromatic N) is 1. The van der Waals surface area contributed by atoms with Gasteiger partial charge in [-0.15, -0.1) is 0 Å². The van der Waals surface area contributed by atoms with Crippen LogP contribution in [-0.4, -0.2) is 10.8 Å². The number of aromatic nitrogens is 1. The molecule has 1 aromatic heterocycles. The molecule has 4 nitrogen and oxygen atoms in total. The van der Waals surface area contributed by atoms with Gasteiger partial charge in [0.05, 0.1) is 0 Å². The van der Waals surface area contributed by atoms with Gasteiger partial charge in [0.15, 0.2) is 0 Å². The predicted octanol–water partition coefficient (Wildman–Crippen LogP) is 3.39. The van der Waals surface area contributed by atoms with Crippen molar-refractivity contribution in [2.75, 3.05) is 0 Å². The van der Waals surface area contributed by atoms with Gasteiger partial charge in [0.25, 0.3) is 0 Å². The van der Waals surface area contributed by atoms with E-state index in [1.54, 1.807) is 12.1 Å². The number of benzene rings is 1. The van der Waals surface area contributed by atoms with Crippen LogP contribution in [0.1, 0.15) is 27.9 Å². The second-order valence-corrected chi connectivity index (χ2v) is 5.06. The minimum absolute atomic E-state index is 0.0116. The molecule has 0 amide bonds. The fraction of sp³-hybridized carbons (Fsp3) is 0.250. The maximum absolute atomic E-state index is 7.51. The fourth-order valence-corrected chi connectivity index (χ4v) is 2.07.